The van der Waals surface area contributed by atoms with Gasteiger partial charge in [0.25, 0.3) is 5.91 Å². The molecule has 1 atom stereocenters. The first-order chi connectivity index (χ1) is 12.3. The van der Waals surface area contributed by atoms with Gasteiger partial charge in [-0.15, -0.1) is 0 Å². The van der Waals surface area contributed by atoms with Crippen LogP contribution in [0.3, 0.4) is 0 Å². The number of rotatable bonds is 2. The average molecular weight is 332 g/mol. The van der Waals surface area contributed by atoms with E-state index in [9.17, 15) is 4.79 Å². The number of benzene rings is 1. The molecule has 126 valence electrons. The molecule has 0 fully saturated rings. The van der Waals surface area contributed by atoms with E-state index >= 15 is 0 Å². The molecular formula is C20H20N4O. The van der Waals surface area contributed by atoms with E-state index < -0.39 is 0 Å². The van der Waals surface area contributed by atoms with Crippen molar-refractivity contribution in [1.82, 2.24) is 19.4 Å². The Kier molecular flexibility index (Phi) is 4.06. The summed E-state index contributed by atoms with van der Waals surface area (Å²) in [7, 11) is 0. The highest BCUT2D eigenvalue weighted by Crippen LogP contribution is 2.31. The van der Waals surface area contributed by atoms with Gasteiger partial charge in [-0.1, -0.05) is 30.3 Å². The number of aromatic nitrogens is 3. The highest BCUT2D eigenvalue weighted by molar-refractivity contribution is 5.95. The Hall–Kier alpha value is -2.95. The van der Waals surface area contributed by atoms with Crippen molar-refractivity contribution in [2.24, 2.45) is 0 Å². The number of pyridine rings is 1. The van der Waals surface area contributed by atoms with Gasteiger partial charge in [-0.3, -0.25) is 9.78 Å². The van der Waals surface area contributed by atoms with E-state index in [1.54, 1.807) is 6.20 Å². The van der Waals surface area contributed by atoms with Crippen molar-refractivity contribution < 1.29 is 4.79 Å². The number of amides is 1. The number of nitrogens with zero attached hydrogens (tertiary/aromatic N) is 4. The summed E-state index contributed by atoms with van der Waals surface area (Å²) >= 11 is 0. The number of carbonyl (C=O) groups is 1. The first kappa shape index (κ1) is 15.6. The third kappa shape index (κ3) is 2.82. The van der Waals surface area contributed by atoms with E-state index in [1.165, 1.54) is 0 Å². The van der Waals surface area contributed by atoms with E-state index in [-0.39, 0.29) is 11.9 Å². The fourth-order valence-corrected chi connectivity index (χ4v) is 3.49. The predicted molar refractivity (Wildman–Crippen MR) is 95.1 cm³/mol. The van der Waals surface area contributed by atoms with Gasteiger partial charge in [0.1, 0.15) is 11.9 Å². The molecule has 0 N–H and O–H groups in total. The van der Waals surface area contributed by atoms with Crippen LogP contribution in [0.4, 0.5) is 0 Å². The lowest BCUT2D eigenvalue weighted by atomic mass is 10.0. The summed E-state index contributed by atoms with van der Waals surface area (Å²) in [6.07, 6.45) is 6.43. The average Bonchev–Trinajstić information content (AvgIpc) is 3.02. The minimum Gasteiger partial charge on any atom is -0.333 e. The topological polar surface area (TPSA) is 51.0 Å². The summed E-state index contributed by atoms with van der Waals surface area (Å²) in [4.78, 5) is 24.1. The van der Waals surface area contributed by atoms with Crippen molar-refractivity contribution in [3.63, 3.8) is 0 Å². The summed E-state index contributed by atoms with van der Waals surface area (Å²) in [5.74, 6) is 0.925. The number of hydrogen-bond donors (Lipinski definition) is 0. The lowest BCUT2D eigenvalue weighted by Gasteiger charge is -2.30. The molecule has 5 heteroatoms. The molecule has 0 radical (unpaired) electrons. The van der Waals surface area contributed by atoms with Crippen LogP contribution in [0.2, 0.25) is 0 Å². The summed E-state index contributed by atoms with van der Waals surface area (Å²) in [6, 6.07) is 13.6. The molecule has 0 aliphatic carbocycles. The maximum absolute atomic E-state index is 13.3. The number of fused-ring (bicyclic) bond motifs is 1. The van der Waals surface area contributed by atoms with Gasteiger partial charge < -0.3 is 9.47 Å². The third-order valence-corrected chi connectivity index (χ3v) is 4.72. The van der Waals surface area contributed by atoms with Crippen LogP contribution in [0.5, 0.6) is 0 Å². The Morgan fingerprint density at radius 3 is 2.68 bits per heavy atom. The number of imidazole rings is 1. The van der Waals surface area contributed by atoms with Gasteiger partial charge in [-0.2, -0.15) is 0 Å². The van der Waals surface area contributed by atoms with Crippen LogP contribution < -0.4 is 0 Å². The number of hydrogen-bond acceptors (Lipinski definition) is 3. The second kappa shape index (κ2) is 6.51. The van der Waals surface area contributed by atoms with Crippen LogP contribution in [0, 0.1) is 6.92 Å². The van der Waals surface area contributed by atoms with Crippen LogP contribution >= 0.6 is 0 Å². The number of aryl methyl sites for hydroxylation is 2. The molecule has 1 unspecified atom stereocenters. The Morgan fingerprint density at radius 1 is 1.04 bits per heavy atom. The van der Waals surface area contributed by atoms with Gasteiger partial charge >= 0.3 is 0 Å². The van der Waals surface area contributed by atoms with Crippen LogP contribution in [-0.4, -0.2) is 31.9 Å². The lowest BCUT2D eigenvalue weighted by molar-refractivity contribution is 0.0705. The maximum atomic E-state index is 13.3. The second-order valence-electron chi connectivity index (χ2n) is 6.28. The first-order valence-corrected chi connectivity index (χ1v) is 8.54. The molecule has 0 bridgehead atoms. The minimum absolute atomic E-state index is 0.0101. The molecule has 1 aliphatic rings. The van der Waals surface area contributed by atoms with E-state index in [4.69, 9.17) is 0 Å². The smallest absolute Gasteiger partial charge is 0.256 e. The highest BCUT2D eigenvalue weighted by Gasteiger charge is 2.32. The van der Waals surface area contributed by atoms with Gasteiger partial charge in [-0.25, -0.2) is 4.98 Å². The summed E-state index contributed by atoms with van der Waals surface area (Å²) < 4.78 is 2.15. The molecule has 3 heterocycles. The molecular weight excluding hydrogens is 312 g/mol. The van der Waals surface area contributed by atoms with Crippen molar-refractivity contribution in [2.45, 2.75) is 25.9 Å². The molecule has 0 saturated heterocycles. The fraction of sp³-hybridized carbons (Fsp3) is 0.250. The van der Waals surface area contributed by atoms with Crippen molar-refractivity contribution in [3.8, 4) is 0 Å². The largest absolute Gasteiger partial charge is 0.333 e. The van der Waals surface area contributed by atoms with Crippen molar-refractivity contribution in [3.05, 3.63) is 83.7 Å². The van der Waals surface area contributed by atoms with Gasteiger partial charge in [0.05, 0.1) is 5.56 Å². The van der Waals surface area contributed by atoms with Gasteiger partial charge in [0.2, 0.25) is 0 Å². The van der Waals surface area contributed by atoms with E-state index in [1.807, 2.05) is 54.5 Å². The van der Waals surface area contributed by atoms with Crippen LogP contribution in [0.1, 0.15) is 39.9 Å². The zero-order valence-corrected chi connectivity index (χ0v) is 14.2. The van der Waals surface area contributed by atoms with Gasteiger partial charge in [0.15, 0.2) is 0 Å². The molecule has 1 amide bonds. The molecule has 2 aromatic heterocycles. The second-order valence-corrected chi connectivity index (χ2v) is 6.28. The SMILES string of the molecule is Cc1ncccc1C(=O)N1CCCn2ccnc2C1c1ccccc1. The molecule has 1 aliphatic heterocycles. The van der Waals surface area contributed by atoms with Gasteiger partial charge in [0, 0.05) is 37.4 Å². The van der Waals surface area contributed by atoms with Gasteiger partial charge in [-0.05, 0) is 31.0 Å². The molecule has 3 aromatic rings. The molecule has 4 rings (SSSR count). The van der Waals surface area contributed by atoms with Crippen LogP contribution in [-0.2, 0) is 6.54 Å². The Morgan fingerprint density at radius 2 is 1.88 bits per heavy atom. The highest BCUT2D eigenvalue weighted by atomic mass is 16.2. The Labute approximate surface area is 147 Å². The first-order valence-electron chi connectivity index (χ1n) is 8.54. The van der Waals surface area contributed by atoms with Crippen LogP contribution in [0.15, 0.2) is 61.1 Å². The Bertz CT molecular complexity index is 887. The standard InChI is InChI=1S/C20H20N4O/c1-15-17(9-5-10-21-15)20(25)24-13-6-12-23-14-11-22-19(23)18(24)16-7-3-2-4-8-16/h2-5,7-11,14,18H,6,12-13H2,1H3. The molecule has 1 aromatic carbocycles. The Balaban J connectivity index is 1.82. The monoisotopic (exact) mass is 332 g/mol. The van der Waals surface area contributed by atoms with Crippen molar-refractivity contribution in [2.75, 3.05) is 6.54 Å². The number of carbonyl (C=O) groups excluding carboxylic acids is 1. The molecule has 25 heavy (non-hydrogen) atoms. The molecule has 0 spiro atoms. The van der Waals surface area contributed by atoms with E-state index in [0.29, 0.717) is 12.1 Å². The van der Waals surface area contributed by atoms with E-state index in [0.717, 1.165) is 30.0 Å². The maximum Gasteiger partial charge on any atom is 0.256 e. The van der Waals surface area contributed by atoms with Crippen molar-refractivity contribution >= 4 is 5.91 Å². The summed E-state index contributed by atoms with van der Waals surface area (Å²) in [6.45, 7) is 3.44. The predicted octanol–water partition coefficient (Wildman–Crippen LogP) is 3.22. The van der Waals surface area contributed by atoms with Crippen molar-refractivity contribution in [1.29, 1.82) is 0 Å². The quantitative estimate of drug-likeness (QED) is 0.724. The van der Waals surface area contributed by atoms with E-state index in [2.05, 4.69) is 26.7 Å². The minimum atomic E-state index is -0.189. The third-order valence-electron chi connectivity index (χ3n) is 4.72. The summed E-state index contributed by atoms with van der Waals surface area (Å²) in [5.41, 5.74) is 2.49. The normalized spacial score (nSPS) is 17.0. The lowest BCUT2D eigenvalue weighted by Crippen LogP contribution is -2.36. The van der Waals surface area contributed by atoms with Crippen LogP contribution in [0.25, 0.3) is 0 Å². The fourth-order valence-electron chi connectivity index (χ4n) is 3.49. The summed E-state index contributed by atoms with van der Waals surface area (Å²) in [5, 5.41) is 0. The molecule has 0 saturated carbocycles. The zero-order chi connectivity index (χ0) is 17.2. The zero-order valence-electron chi connectivity index (χ0n) is 14.2. The molecule has 5 nitrogen and oxygen atoms in total.